The first-order valence-corrected chi connectivity index (χ1v) is 13.8. The van der Waals surface area contributed by atoms with Crippen LogP contribution in [0.4, 0.5) is 0 Å². The molecule has 1 aliphatic heterocycles. The lowest BCUT2D eigenvalue weighted by atomic mass is 9.72. The number of hydrogen-bond donors (Lipinski definition) is 2. The summed E-state index contributed by atoms with van der Waals surface area (Å²) in [6.45, 7) is 7.54. The van der Waals surface area contributed by atoms with Crippen molar-refractivity contribution in [1.82, 2.24) is 4.90 Å². The highest BCUT2D eigenvalue weighted by Crippen LogP contribution is 2.41. The van der Waals surface area contributed by atoms with Crippen molar-refractivity contribution in [2.45, 2.75) is 64.1 Å². The lowest BCUT2D eigenvalue weighted by Gasteiger charge is -2.42. The molecule has 0 amide bonds. The molecule has 1 atom stereocenters. The summed E-state index contributed by atoms with van der Waals surface area (Å²) in [6, 6.07) is 28.8. The topological polar surface area (TPSA) is 43.7 Å². The number of piperidine rings is 1. The zero-order valence-electron chi connectivity index (χ0n) is 22.0. The zero-order chi connectivity index (χ0) is 25.4. The molecule has 3 aromatic carbocycles. The highest BCUT2D eigenvalue weighted by Gasteiger charge is 2.41. The summed E-state index contributed by atoms with van der Waals surface area (Å²) in [7, 11) is 0. The second-order valence-electron chi connectivity index (χ2n) is 11.0. The van der Waals surface area contributed by atoms with Crippen molar-refractivity contribution in [3.8, 4) is 0 Å². The van der Waals surface area contributed by atoms with Crippen molar-refractivity contribution in [2.24, 2.45) is 11.8 Å². The van der Waals surface area contributed by atoms with Crippen LogP contribution in [0.25, 0.3) is 0 Å². The summed E-state index contributed by atoms with van der Waals surface area (Å²) in [5, 5.41) is 22.7. The first-order chi connectivity index (χ1) is 17.5. The van der Waals surface area contributed by atoms with E-state index in [0.29, 0.717) is 5.92 Å². The molecule has 0 bridgehead atoms. The third-order valence-electron chi connectivity index (χ3n) is 7.82. The first kappa shape index (κ1) is 26.6. The summed E-state index contributed by atoms with van der Waals surface area (Å²) in [5.74, 6) is 0.843. The van der Waals surface area contributed by atoms with Crippen LogP contribution < -0.4 is 0 Å². The largest absolute Gasteiger partial charge is 0.388 e. The molecule has 4 rings (SSSR count). The van der Waals surface area contributed by atoms with Gasteiger partial charge in [-0.25, -0.2) is 0 Å². The van der Waals surface area contributed by atoms with E-state index >= 15 is 0 Å². The number of aliphatic hydroxyl groups excluding tert-OH is 1. The Kier molecular flexibility index (Phi) is 9.36. The maximum atomic E-state index is 12.1. The smallest absolute Gasteiger partial charge is 0.117 e. The van der Waals surface area contributed by atoms with E-state index < -0.39 is 5.60 Å². The van der Waals surface area contributed by atoms with Crippen LogP contribution in [-0.2, 0) is 12.0 Å². The van der Waals surface area contributed by atoms with E-state index in [4.69, 9.17) is 0 Å². The van der Waals surface area contributed by atoms with Crippen LogP contribution in [0.5, 0.6) is 0 Å². The van der Waals surface area contributed by atoms with Crippen LogP contribution in [-0.4, -0.2) is 34.7 Å². The van der Waals surface area contributed by atoms with E-state index in [1.54, 1.807) is 0 Å². The lowest BCUT2D eigenvalue weighted by Crippen LogP contribution is -2.44. The molecule has 1 fully saturated rings. The van der Waals surface area contributed by atoms with Gasteiger partial charge in [0.1, 0.15) is 5.60 Å². The Morgan fingerprint density at radius 3 is 1.89 bits per heavy atom. The number of aliphatic hydroxyl groups is 2. The van der Waals surface area contributed by atoms with Crippen molar-refractivity contribution in [2.75, 3.05) is 19.6 Å². The third-order valence-corrected chi connectivity index (χ3v) is 7.82. The molecule has 0 radical (unpaired) electrons. The quantitative estimate of drug-likeness (QED) is 0.296. The minimum atomic E-state index is -0.955. The molecule has 1 saturated heterocycles. The van der Waals surface area contributed by atoms with Gasteiger partial charge in [0.05, 0.1) is 6.10 Å². The third kappa shape index (κ3) is 6.64. The van der Waals surface area contributed by atoms with Gasteiger partial charge in [0.15, 0.2) is 0 Å². The van der Waals surface area contributed by atoms with Crippen molar-refractivity contribution in [3.63, 3.8) is 0 Å². The monoisotopic (exact) mass is 485 g/mol. The van der Waals surface area contributed by atoms with E-state index in [-0.39, 0.29) is 12.0 Å². The van der Waals surface area contributed by atoms with E-state index in [1.165, 1.54) is 5.56 Å². The van der Waals surface area contributed by atoms with Crippen LogP contribution in [0.3, 0.4) is 0 Å². The predicted molar refractivity (Wildman–Crippen MR) is 149 cm³/mol. The molecule has 3 aromatic rings. The number of likely N-dealkylation sites (tertiary alicyclic amines) is 1. The molecule has 0 saturated carbocycles. The number of unbranched alkanes of at least 4 members (excludes halogenated alkanes) is 1. The average Bonchev–Trinajstić information content (AvgIpc) is 2.92. The molecular formula is C33H43NO2. The second-order valence-corrected chi connectivity index (χ2v) is 11.0. The molecule has 1 heterocycles. The Balaban J connectivity index is 1.25. The van der Waals surface area contributed by atoms with Crippen molar-refractivity contribution in [1.29, 1.82) is 0 Å². The number of benzene rings is 3. The molecule has 0 spiro atoms. The SMILES string of the molecule is CC(C)Cc1ccc(C(O)CCCCN2CCC(C(O)(c3ccccc3)c3ccccc3)CC2)cc1. The molecule has 0 aromatic heterocycles. The standard InChI is InChI=1S/C33H43NO2/c1-26(2)25-27-16-18-28(19-17-27)32(35)15-9-10-22-34-23-20-31(21-24-34)33(36,29-11-5-3-6-12-29)30-13-7-4-8-14-30/h3-8,11-14,16-19,26,31-32,35-36H,9-10,15,20-25H2,1-2H3. The second kappa shape index (κ2) is 12.7. The van der Waals surface area contributed by atoms with Crippen molar-refractivity contribution in [3.05, 3.63) is 107 Å². The van der Waals surface area contributed by atoms with Gasteiger partial charge in [-0.3, -0.25) is 0 Å². The minimum Gasteiger partial charge on any atom is -0.388 e. The van der Waals surface area contributed by atoms with Gasteiger partial charge in [0, 0.05) is 0 Å². The highest BCUT2D eigenvalue weighted by molar-refractivity contribution is 5.37. The summed E-state index contributed by atoms with van der Waals surface area (Å²) in [6.07, 6.45) is 5.58. The predicted octanol–water partition coefficient (Wildman–Crippen LogP) is 6.74. The molecule has 3 heteroatoms. The zero-order valence-corrected chi connectivity index (χ0v) is 22.0. The fourth-order valence-corrected chi connectivity index (χ4v) is 5.78. The maximum absolute atomic E-state index is 12.1. The van der Waals surface area contributed by atoms with Gasteiger partial charge in [-0.1, -0.05) is 98.8 Å². The van der Waals surface area contributed by atoms with Gasteiger partial charge in [-0.15, -0.1) is 0 Å². The Bertz CT molecular complexity index is 985. The number of rotatable bonds is 11. The van der Waals surface area contributed by atoms with Crippen LogP contribution in [0, 0.1) is 11.8 Å². The summed E-state index contributed by atoms with van der Waals surface area (Å²) < 4.78 is 0. The van der Waals surface area contributed by atoms with Gasteiger partial charge in [-0.05, 0) is 92.2 Å². The molecule has 3 nitrogen and oxygen atoms in total. The van der Waals surface area contributed by atoms with E-state index in [1.807, 2.05) is 36.4 Å². The fourth-order valence-electron chi connectivity index (χ4n) is 5.78. The Morgan fingerprint density at radius 1 is 0.806 bits per heavy atom. The number of nitrogens with zero attached hydrogens (tertiary/aromatic N) is 1. The highest BCUT2D eigenvalue weighted by atomic mass is 16.3. The minimum absolute atomic E-state index is 0.194. The van der Waals surface area contributed by atoms with Crippen LogP contribution in [0.1, 0.15) is 74.3 Å². The molecule has 192 valence electrons. The molecule has 1 aliphatic rings. The van der Waals surface area contributed by atoms with Crippen LogP contribution in [0.2, 0.25) is 0 Å². The van der Waals surface area contributed by atoms with Gasteiger partial charge >= 0.3 is 0 Å². The summed E-state index contributed by atoms with van der Waals surface area (Å²) in [5.41, 5.74) is 3.39. The van der Waals surface area contributed by atoms with Crippen LogP contribution in [0.15, 0.2) is 84.9 Å². The molecule has 0 aliphatic carbocycles. The molecule has 36 heavy (non-hydrogen) atoms. The normalized spacial score (nSPS) is 16.4. The Morgan fingerprint density at radius 2 is 1.36 bits per heavy atom. The molecule has 2 N–H and O–H groups in total. The van der Waals surface area contributed by atoms with Gasteiger partial charge in [0.25, 0.3) is 0 Å². The Labute approximate surface area is 217 Å². The summed E-state index contributed by atoms with van der Waals surface area (Å²) in [4.78, 5) is 2.53. The van der Waals surface area contributed by atoms with Gasteiger partial charge in [-0.2, -0.15) is 0 Å². The van der Waals surface area contributed by atoms with Crippen molar-refractivity contribution >= 4 is 0 Å². The maximum Gasteiger partial charge on any atom is 0.117 e. The molecular weight excluding hydrogens is 442 g/mol. The lowest BCUT2D eigenvalue weighted by molar-refractivity contribution is -0.0144. The van der Waals surface area contributed by atoms with Gasteiger partial charge in [0.2, 0.25) is 0 Å². The van der Waals surface area contributed by atoms with Crippen LogP contribution >= 0.6 is 0 Å². The van der Waals surface area contributed by atoms with Gasteiger partial charge < -0.3 is 15.1 Å². The summed E-state index contributed by atoms with van der Waals surface area (Å²) >= 11 is 0. The fraction of sp³-hybridized carbons (Fsp3) is 0.455. The van der Waals surface area contributed by atoms with E-state index in [9.17, 15) is 10.2 Å². The average molecular weight is 486 g/mol. The van der Waals surface area contributed by atoms with E-state index in [2.05, 4.69) is 67.3 Å². The first-order valence-electron chi connectivity index (χ1n) is 13.8. The number of hydrogen-bond acceptors (Lipinski definition) is 3. The van der Waals surface area contributed by atoms with Crippen molar-refractivity contribution < 1.29 is 10.2 Å². The van der Waals surface area contributed by atoms with E-state index in [0.717, 1.165) is 74.8 Å². The molecule has 1 unspecified atom stereocenters. The Hall–Kier alpha value is -2.46.